The van der Waals surface area contributed by atoms with Crippen molar-refractivity contribution in [3.8, 4) is 66.8 Å². The van der Waals surface area contributed by atoms with Gasteiger partial charge in [0.1, 0.15) is 0 Å². The van der Waals surface area contributed by atoms with Gasteiger partial charge in [-0.15, -0.1) is 0 Å². The average Bonchev–Trinajstić information content (AvgIpc) is 3.51. The molecule has 64 heavy (non-hydrogen) atoms. The first kappa shape index (κ1) is 37.3. The van der Waals surface area contributed by atoms with E-state index in [1.54, 1.807) is 0 Å². The summed E-state index contributed by atoms with van der Waals surface area (Å²) in [7, 11) is 0. The first-order valence-corrected chi connectivity index (χ1v) is 23.1. The van der Waals surface area contributed by atoms with Gasteiger partial charge in [-0.05, 0) is 155 Å². The second-order valence-corrected chi connectivity index (χ2v) is 19.5. The van der Waals surface area contributed by atoms with Crippen LogP contribution >= 0.6 is 0 Å². The van der Waals surface area contributed by atoms with Crippen molar-refractivity contribution in [1.29, 1.82) is 0 Å². The van der Waals surface area contributed by atoms with Gasteiger partial charge in [0.15, 0.2) is 0 Å². The van der Waals surface area contributed by atoms with Gasteiger partial charge in [0.2, 0.25) is 0 Å². The third-order valence-electron chi connectivity index (χ3n) is 15.5. The van der Waals surface area contributed by atoms with E-state index >= 15 is 0 Å². The molecule has 0 saturated carbocycles. The SMILES string of the molecule is CC1(C)c2ccccc2-c2cc(-c3ccc(N(c4ccc(-c5ccc6c(c5)C(C)(C)c5ccccc5-6)cc4)c4ccc5c6c4-c4ccccc4C(CC6)c4ccccc4-5)cc3)ccc21. The predicted molar refractivity (Wildman–Crippen MR) is 268 cm³/mol. The molecule has 13 rings (SSSR count). The van der Waals surface area contributed by atoms with Gasteiger partial charge in [0.05, 0.1) is 5.69 Å². The third-order valence-corrected chi connectivity index (χ3v) is 15.5. The average molecular weight is 820 g/mol. The molecule has 306 valence electrons. The Labute approximate surface area is 377 Å². The molecule has 0 radical (unpaired) electrons. The minimum Gasteiger partial charge on any atom is -0.310 e. The molecular formula is C63H49N. The number of fused-ring (bicyclic) bond motifs is 14. The number of rotatable bonds is 5. The van der Waals surface area contributed by atoms with Crippen molar-refractivity contribution in [2.75, 3.05) is 4.90 Å². The van der Waals surface area contributed by atoms with Crippen molar-refractivity contribution < 1.29 is 0 Å². The number of nitrogens with zero attached hydrogens (tertiary/aromatic N) is 1. The molecule has 0 spiro atoms. The molecule has 1 atom stereocenters. The van der Waals surface area contributed by atoms with E-state index in [-0.39, 0.29) is 10.8 Å². The maximum atomic E-state index is 2.52. The normalized spacial score (nSPS) is 16.1. The Bertz CT molecular complexity index is 3380. The van der Waals surface area contributed by atoms with Gasteiger partial charge in [-0.2, -0.15) is 0 Å². The van der Waals surface area contributed by atoms with Crippen LogP contribution in [0.4, 0.5) is 17.1 Å². The summed E-state index contributed by atoms with van der Waals surface area (Å²) >= 11 is 0. The smallest absolute Gasteiger partial charge is 0.0543 e. The number of benzene rings is 9. The summed E-state index contributed by atoms with van der Waals surface area (Å²) in [6, 6.07) is 73.8. The van der Waals surface area contributed by atoms with E-state index in [2.05, 4.69) is 227 Å². The monoisotopic (exact) mass is 819 g/mol. The van der Waals surface area contributed by atoms with Crippen LogP contribution < -0.4 is 4.90 Å². The van der Waals surface area contributed by atoms with E-state index in [9.17, 15) is 0 Å². The van der Waals surface area contributed by atoms with E-state index < -0.39 is 0 Å². The van der Waals surface area contributed by atoms with Crippen LogP contribution in [-0.2, 0) is 17.3 Å². The highest BCUT2D eigenvalue weighted by molar-refractivity contribution is 5.97. The van der Waals surface area contributed by atoms with Gasteiger partial charge in [0, 0.05) is 33.7 Å². The van der Waals surface area contributed by atoms with Crippen LogP contribution in [0.25, 0.3) is 66.8 Å². The standard InChI is InChI=1S/C63H49N/c1-62(2)57-20-12-10-17-51(57)55-37-41(26-35-58(55)62)39-21-27-43(28-22-39)64(44-29-23-40(24-30-44)42-25-31-52-50-16-9-11-19-56(50)63(3,4)59(52)38-42)60-36-34-49-46-14-6-5-13-45(46)48-32-33-54(49)61(60)53-18-8-7-15-47(48)53/h5-31,34-38,48H,32-33H2,1-4H3. The molecule has 0 saturated heterocycles. The van der Waals surface area contributed by atoms with Gasteiger partial charge in [-0.25, -0.2) is 0 Å². The Balaban J connectivity index is 0.957. The Morgan fingerprint density at radius 2 is 0.844 bits per heavy atom. The maximum absolute atomic E-state index is 2.52. The lowest BCUT2D eigenvalue weighted by Crippen LogP contribution is -2.15. The fourth-order valence-corrected chi connectivity index (χ4v) is 12.3. The molecule has 0 amide bonds. The number of anilines is 3. The first-order chi connectivity index (χ1) is 31.3. The molecule has 2 bridgehead atoms. The largest absolute Gasteiger partial charge is 0.310 e. The molecule has 0 heterocycles. The zero-order valence-corrected chi connectivity index (χ0v) is 36.9. The lowest BCUT2D eigenvalue weighted by Gasteiger charge is -2.31. The lowest BCUT2D eigenvalue weighted by atomic mass is 9.80. The first-order valence-electron chi connectivity index (χ1n) is 23.1. The maximum Gasteiger partial charge on any atom is 0.0543 e. The summed E-state index contributed by atoms with van der Waals surface area (Å²) in [6.45, 7) is 9.44. The van der Waals surface area contributed by atoms with Gasteiger partial charge >= 0.3 is 0 Å². The Morgan fingerprint density at radius 1 is 0.375 bits per heavy atom. The Morgan fingerprint density at radius 3 is 1.52 bits per heavy atom. The zero-order chi connectivity index (χ0) is 42.9. The summed E-state index contributed by atoms with van der Waals surface area (Å²) in [6.07, 6.45) is 2.14. The van der Waals surface area contributed by atoms with E-state index in [0.29, 0.717) is 5.92 Å². The van der Waals surface area contributed by atoms with Crippen LogP contribution in [0, 0.1) is 0 Å². The minimum atomic E-state index is -0.0475. The van der Waals surface area contributed by atoms with Crippen molar-refractivity contribution in [1.82, 2.24) is 0 Å². The molecule has 1 unspecified atom stereocenters. The van der Waals surface area contributed by atoms with Crippen molar-refractivity contribution >= 4 is 17.1 Å². The quantitative estimate of drug-likeness (QED) is 0.167. The summed E-state index contributed by atoms with van der Waals surface area (Å²) in [5.74, 6) is 0.354. The van der Waals surface area contributed by atoms with Crippen molar-refractivity contribution in [2.24, 2.45) is 0 Å². The highest BCUT2D eigenvalue weighted by Gasteiger charge is 2.37. The number of hydrogen-bond acceptors (Lipinski definition) is 1. The van der Waals surface area contributed by atoms with Crippen molar-refractivity contribution in [3.63, 3.8) is 0 Å². The molecule has 0 aliphatic heterocycles. The third kappa shape index (κ3) is 5.31. The summed E-state index contributed by atoms with van der Waals surface area (Å²) in [5.41, 5.74) is 29.2. The Hall–Kier alpha value is -7.22. The highest BCUT2D eigenvalue weighted by Crippen LogP contribution is 2.55. The summed E-state index contributed by atoms with van der Waals surface area (Å²) in [5, 5.41) is 0. The fraction of sp³-hybridized carbons (Fsp3) is 0.143. The molecule has 0 aromatic heterocycles. The molecule has 9 aromatic carbocycles. The van der Waals surface area contributed by atoms with Gasteiger partial charge in [0.25, 0.3) is 0 Å². The van der Waals surface area contributed by atoms with Crippen LogP contribution in [0.15, 0.2) is 194 Å². The van der Waals surface area contributed by atoms with Crippen LogP contribution in [0.3, 0.4) is 0 Å². The van der Waals surface area contributed by atoms with Gasteiger partial charge in [-0.3, -0.25) is 0 Å². The van der Waals surface area contributed by atoms with E-state index in [4.69, 9.17) is 0 Å². The van der Waals surface area contributed by atoms with Crippen LogP contribution in [0.2, 0.25) is 0 Å². The topological polar surface area (TPSA) is 3.24 Å². The second-order valence-electron chi connectivity index (χ2n) is 19.5. The lowest BCUT2D eigenvalue weighted by molar-refractivity contribution is 0.660. The second kappa shape index (κ2) is 13.6. The fourth-order valence-electron chi connectivity index (χ4n) is 12.3. The Kier molecular flexibility index (Phi) is 7.96. The summed E-state index contributed by atoms with van der Waals surface area (Å²) < 4.78 is 0. The van der Waals surface area contributed by atoms with Crippen LogP contribution in [0.5, 0.6) is 0 Å². The molecule has 4 aliphatic rings. The van der Waals surface area contributed by atoms with Crippen LogP contribution in [0.1, 0.15) is 79.0 Å². The molecule has 4 aliphatic carbocycles. The van der Waals surface area contributed by atoms with Gasteiger partial charge < -0.3 is 4.90 Å². The number of hydrogen-bond donors (Lipinski definition) is 0. The molecule has 1 nitrogen and oxygen atoms in total. The van der Waals surface area contributed by atoms with Crippen LogP contribution in [-0.4, -0.2) is 0 Å². The minimum absolute atomic E-state index is 0.0118. The molecule has 0 N–H and O–H groups in total. The van der Waals surface area contributed by atoms with Crippen molar-refractivity contribution in [2.45, 2.75) is 57.3 Å². The van der Waals surface area contributed by atoms with E-state index in [1.165, 1.54) is 111 Å². The summed E-state index contributed by atoms with van der Waals surface area (Å²) in [4.78, 5) is 2.52. The molecule has 0 fully saturated rings. The molecule has 1 heteroatoms. The molecule has 9 aromatic rings. The van der Waals surface area contributed by atoms with Crippen molar-refractivity contribution in [3.05, 3.63) is 233 Å². The van der Waals surface area contributed by atoms with E-state index in [1.807, 2.05) is 0 Å². The molecular weight excluding hydrogens is 771 g/mol. The highest BCUT2D eigenvalue weighted by atomic mass is 15.1. The zero-order valence-electron chi connectivity index (χ0n) is 36.9. The predicted octanol–water partition coefficient (Wildman–Crippen LogP) is 16.8. The van der Waals surface area contributed by atoms with E-state index in [0.717, 1.165) is 24.2 Å². The van der Waals surface area contributed by atoms with Gasteiger partial charge in [-0.1, -0.05) is 179 Å².